The second-order valence-electron chi connectivity index (χ2n) is 10.4. The van der Waals surface area contributed by atoms with Gasteiger partial charge in [0.2, 0.25) is 0 Å². The normalized spacial score (nSPS) is 18.3. The van der Waals surface area contributed by atoms with Crippen molar-refractivity contribution in [3.8, 4) is 5.75 Å². The lowest BCUT2D eigenvalue weighted by Gasteiger charge is -2.27. The lowest BCUT2D eigenvalue weighted by atomic mass is 9.85. The van der Waals surface area contributed by atoms with E-state index in [2.05, 4.69) is 20.8 Å². The summed E-state index contributed by atoms with van der Waals surface area (Å²) in [6.07, 6.45) is 0.0255. The average Bonchev–Trinajstić information content (AvgIpc) is 3.01. The van der Waals surface area contributed by atoms with E-state index in [-0.39, 0.29) is 22.9 Å². The Balaban J connectivity index is 2.08. The smallest absolute Gasteiger partial charge is 0.295 e. The molecule has 1 aliphatic heterocycles. The number of carbonyl (C=O) groups is 2. The highest BCUT2D eigenvalue weighted by Gasteiger charge is 2.45. The Bertz CT molecular complexity index is 1060. The molecule has 182 valence electrons. The van der Waals surface area contributed by atoms with Gasteiger partial charge in [-0.15, -0.1) is 0 Å². The molecule has 0 aromatic heterocycles. The fourth-order valence-corrected chi connectivity index (χ4v) is 4.05. The minimum atomic E-state index is -0.663. The van der Waals surface area contributed by atoms with Gasteiger partial charge in [0.15, 0.2) is 0 Å². The molecule has 0 radical (unpaired) electrons. The molecule has 6 heteroatoms. The van der Waals surface area contributed by atoms with Crippen LogP contribution in [0.25, 0.3) is 5.76 Å². The summed E-state index contributed by atoms with van der Waals surface area (Å²) in [6, 6.07) is 14.2. The number of benzene rings is 2. The van der Waals surface area contributed by atoms with Crippen LogP contribution in [0.15, 0.2) is 54.1 Å². The van der Waals surface area contributed by atoms with Crippen LogP contribution >= 0.6 is 0 Å². The summed E-state index contributed by atoms with van der Waals surface area (Å²) >= 11 is 0. The van der Waals surface area contributed by atoms with Crippen LogP contribution in [-0.2, 0) is 15.0 Å². The lowest BCUT2D eigenvalue weighted by molar-refractivity contribution is -0.140. The number of likely N-dealkylation sites (N-methyl/N-ethyl adjacent to an activating group) is 1. The predicted octanol–water partition coefficient (Wildman–Crippen LogP) is 4.75. The first-order valence-electron chi connectivity index (χ1n) is 11.7. The summed E-state index contributed by atoms with van der Waals surface area (Å²) in [5.74, 6) is -0.754. The molecule has 1 heterocycles. The van der Waals surface area contributed by atoms with Crippen molar-refractivity contribution in [2.24, 2.45) is 0 Å². The van der Waals surface area contributed by atoms with Gasteiger partial charge in [0, 0.05) is 18.7 Å². The Morgan fingerprint density at radius 3 is 2.12 bits per heavy atom. The first-order valence-corrected chi connectivity index (χ1v) is 11.7. The molecule has 1 saturated heterocycles. The molecule has 0 spiro atoms. The van der Waals surface area contributed by atoms with Crippen LogP contribution in [0.1, 0.15) is 57.4 Å². The van der Waals surface area contributed by atoms with Gasteiger partial charge < -0.3 is 19.6 Å². The second-order valence-corrected chi connectivity index (χ2v) is 10.4. The minimum absolute atomic E-state index is 0.0228. The Morgan fingerprint density at radius 1 is 1.03 bits per heavy atom. The Labute approximate surface area is 202 Å². The molecule has 3 rings (SSSR count). The van der Waals surface area contributed by atoms with Crippen molar-refractivity contribution in [3.63, 3.8) is 0 Å². The van der Waals surface area contributed by atoms with Crippen LogP contribution in [0.2, 0.25) is 0 Å². The van der Waals surface area contributed by atoms with Gasteiger partial charge in [-0.2, -0.15) is 0 Å². The summed E-state index contributed by atoms with van der Waals surface area (Å²) in [5.41, 5.74) is 2.52. The number of aliphatic hydroxyl groups excluding tert-OH is 1. The van der Waals surface area contributed by atoms with E-state index < -0.39 is 17.7 Å². The van der Waals surface area contributed by atoms with Gasteiger partial charge in [0.1, 0.15) is 11.5 Å². The highest BCUT2D eigenvalue weighted by atomic mass is 16.5. The number of hydrogen-bond acceptors (Lipinski definition) is 5. The number of likely N-dealkylation sites (tertiary alicyclic amines) is 1. The van der Waals surface area contributed by atoms with Gasteiger partial charge in [-0.1, -0.05) is 45.0 Å². The quantitative estimate of drug-likeness (QED) is 0.364. The van der Waals surface area contributed by atoms with Crippen molar-refractivity contribution >= 4 is 17.4 Å². The third-order valence-electron chi connectivity index (χ3n) is 5.92. The number of Topliss-reactive ketones (excluding diaryl/α,β-unsaturated/α-hetero) is 1. The Hall–Kier alpha value is -3.12. The second kappa shape index (κ2) is 10.0. The van der Waals surface area contributed by atoms with Gasteiger partial charge in [0.25, 0.3) is 11.7 Å². The molecule has 1 aliphatic rings. The number of ketones is 1. The maximum absolute atomic E-state index is 13.2. The molecule has 0 bridgehead atoms. The highest BCUT2D eigenvalue weighted by molar-refractivity contribution is 6.46. The van der Waals surface area contributed by atoms with E-state index >= 15 is 0 Å². The fourth-order valence-electron chi connectivity index (χ4n) is 4.05. The summed E-state index contributed by atoms with van der Waals surface area (Å²) in [4.78, 5) is 29.7. The predicted molar refractivity (Wildman–Crippen MR) is 135 cm³/mol. The average molecular weight is 465 g/mol. The largest absolute Gasteiger partial charge is 0.507 e. The third-order valence-corrected chi connectivity index (χ3v) is 5.92. The van der Waals surface area contributed by atoms with E-state index in [4.69, 9.17) is 4.74 Å². The molecule has 1 N–H and O–H groups in total. The molecule has 1 fully saturated rings. The first kappa shape index (κ1) is 25.5. The van der Waals surface area contributed by atoms with Crippen LogP contribution in [0.3, 0.4) is 0 Å². The molecule has 1 atom stereocenters. The van der Waals surface area contributed by atoms with Crippen molar-refractivity contribution in [2.75, 3.05) is 27.2 Å². The number of hydrogen-bond donors (Lipinski definition) is 1. The monoisotopic (exact) mass is 464 g/mol. The van der Waals surface area contributed by atoms with E-state index in [0.717, 1.165) is 11.1 Å². The maximum Gasteiger partial charge on any atom is 0.295 e. The van der Waals surface area contributed by atoms with Gasteiger partial charge in [-0.05, 0) is 68.8 Å². The van der Waals surface area contributed by atoms with E-state index in [0.29, 0.717) is 24.4 Å². The van der Waals surface area contributed by atoms with Crippen LogP contribution in [0, 0.1) is 0 Å². The number of nitrogens with zero attached hydrogens (tertiary/aromatic N) is 2. The van der Waals surface area contributed by atoms with E-state index in [9.17, 15) is 14.7 Å². The van der Waals surface area contributed by atoms with Crippen LogP contribution in [0.4, 0.5) is 0 Å². The lowest BCUT2D eigenvalue weighted by Crippen LogP contribution is -2.35. The van der Waals surface area contributed by atoms with E-state index in [1.165, 1.54) is 0 Å². The zero-order valence-corrected chi connectivity index (χ0v) is 21.3. The molecular formula is C28H36N2O4. The summed E-state index contributed by atoms with van der Waals surface area (Å²) in [5, 5.41) is 11.2. The van der Waals surface area contributed by atoms with Gasteiger partial charge in [0.05, 0.1) is 17.7 Å². The van der Waals surface area contributed by atoms with Crippen LogP contribution in [-0.4, -0.2) is 59.9 Å². The highest BCUT2D eigenvalue weighted by Crippen LogP contribution is 2.40. The van der Waals surface area contributed by atoms with Crippen LogP contribution in [0.5, 0.6) is 5.75 Å². The molecule has 2 aromatic carbocycles. The van der Waals surface area contributed by atoms with E-state index in [1.54, 1.807) is 29.2 Å². The van der Waals surface area contributed by atoms with Gasteiger partial charge >= 0.3 is 0 Å². The number of carbonyl (C=O) groups excluding carboxylic acids is 2. The summed E-state index contributed by atoms with van der Waals surface area (Å²) in [7, 11) is 3.84. The van der Waals surface area contributed by atoms with Crippen molar-refractivity contribution in [3.05, 3.63) is 70.8 Å². The van der Waals surface area contributed by atoms with Crippen molar-refractivity contribution < 1.29 is 19.4 Å². The molecule has 1 amide bonds. The molecule has 0 unspecified atom stereocenters. The number of amides is 1. The molecule has 6 nitrogen and oxygen atoms in total. The summed E-state index contributed by atoms with van der Waals surface area (Å²) in [6.45, 7) is 11.3. The standard InChI is InChI=1S/C28H36N2O4/c1-18(2)34-22-14-10-20(11-15-22)25(31)23-24(19-8-12-21(13-9-19)28(3,4)5)30(17-16-29(6)7)27(33)26(23)32/h8-15,18,24,31H,16-17H2,1-7H3/t24-/m1/s1. The van der Waals surface area contributed by atoms with Gasteiger partial charge in [-0.25, -0.2) is 0 Å². The molecule has 2 aromatic rings. The first-order chi connectivity index (χ1) is 15.9. The number of aliphatic hydroxyl groups is 1. The Morgan fingerprint density at radius 2 is 1.62 bits per heavy atom. The SMILES string of the molecule is CC(C)Oc1ccc(C(O)=C2C(=O)C(=O)N(CCN(C)C)[C@@H]2c2ccc(C(C)(C)C)cc2)cc1. The van der Waals surface area contributed by atoms with Crippen molar-refractivity contribution in [1.29, 1.82) is 0 Å². The number of rotatable bonds is 7. The zero-order chi connectivity index (χ0) is 25.2. The minimum Gasteiger partial charge on any atom is -0.507 e. The topological polar surface area (TPSA) is 70.1 Å². The number of ether oxygens (including phenoxy) is 1. The molecule has 0 saturated carbocycles. The van der Waals surface area contributed by atoms with Crippen molar-refractivity contribution in [2.45, 2.75) is 52.2 Å². The molecule has 34 heavy (non-hydrogen) atoms. The fraction of sp³-hybridized carbons (Fsp3) is 0.429. The summed E-state index contributed by atoms with van der Waals surface area (Å²) < 4.78 is 5.68. The van der Waals surface area contributed by atoms with Crippen LogP contribution < -0.4 is 4.74 Å². The maximum atomic E-state index is 13.2. The van der Waals surface area contributed by atoms with Gasteiger partial charge in [-0.3, -0.25) is 9.59 Å². The third kappa shape index (κ3) is 5.50. The van der Waals surface area contributed by atoms with Crippen molar-refractivity contribution in [1.82, 2.24) is 9.80 Å². The zero-order valence-electron chi connectivity index (χ0n) is 21.3. The Kier molecular flexibility index (Phi) is 7.51. The molecule has 0 aliphatic carbocycles. The molecular weight excluding hydrogens is 428 g/mol. The van der Waals surface area contributed by atoms with E-state index in [1.807, 2.05) is 57.1 Å².